The van der Waals surface area contributed by atoms with Crippen molar-refractivity contribution in [2.75, 3.05) is 31.9 Å². The maximum Gasteiger partial charge on any atom is 0.340 e. The lowest BCUT2D eigenvalue weighted by Crippen LogP contribution is -2.36. The van der Waals surface area contributed by atoms with Crippen molar-refractivity contribution in [3.63, 3.8) is 0 Å². The van der Waals surface area contributed by atoms with E-state index in [2.05, 4.69) is 15.0 Å². The molecule has 0 bridgehead atoms. The molecule has 1 rings (SSSR count). The average Bonchev–Trinajstić information content (AvgIpc) is 2.30. The molecule has 3 N–H and O–H groups in total. The topological polar surface area (TPSA) is 86.5 Å². The van der Waals surface area contributed by atoms with Crippen LogP contribution in [0.1, 0.15) is 24.2 Å². The third kappa shape index (κ3) is 3.59. The zero-order valence-electron chi connectivity index (χ0n) is 11.1. The summed E-state index contributed by atoms with van der Waals surface area (Å²) in [5, 5.41) is 3.17. The van der Waals surface area contributed by atoms with Crippen LogP contribution in [-0.4, -0.2) is 37.3 Å². The quantitative estimate of drug-likeness (QED) is 0.769. The Kier molecular flexibility index (Phi) is 4.49. The first-order valence-electron chi connectivity index (χ1n) is 5.50. The summed E-state index contributed by atoms with van der Waals surface area (Å²) in [5.41, 5.74) is 5.96. The lowest BCUT2D eigenvalue weighted by atomic mass is 10.1. The van der Waals surface area contributed by atoms with Crippen LogP contribution in [-0.2, 0) is 9.47 Å². The zero-order valence-corrected chi connectivity index (χ0v) is 11.1. The fourth-order valence-electron chi connectivity index (χ4n) is 1.56. The summed E-state index contributed by atoms with van der Waals surface area (Å²) in [4.78, 5) is 15.6. The maximum atomic E-state index is 11.5. The minimum atomic E-state index is -0.484. The Morgan fingerprint density at radius 1 is 1.50 bits per heavy atom. The molecular weight excluding hydrogens is 234 g/mol. The predicted molar refractivity (Wildman–Crippen MR) is 69.6 cm³/mol. The summed E-state index contributed by atoms with van der Waals surface area (Å²) >= 11 is 0. The number of carbonyl (C=O) groups is 1. The molecule has 100 valence electrons. The number of hydrogen-bond acceptors (Lipinski definition) is 6. The molecule has 6 nitrogen and oxygen atoms in total. The number of esters is 1. The monoisotopic (exact) mass is 253 g/mol. The Morgan fingerprint density at radius 2 is 2.17 bits per heavy atom. The highest BCUT2D eigenvalue weighted by atomic mass is 16.5. The summed E-state index contributed by atoms with van der Waals surface area (Å²) in [7, 11) is 2.93. The molecule has 0 aliphatic heterocycles. The molecule has 1 aromatic heterocycles. The second-order valence-electron chi connectivity index (χ2n) is 4.59. The molecule has 1 aromatic rings. The lowest BCUT2D eigenvalue weighted by Gasteiger charge is -2.26. The second kappa shape index (κ2) is 5.68. The molecule has 0 spiro atoms. The number of aromatic nitrogens is 1. The largest absolute Gasteiger partial charge is 0.465 e. The number of nitrogen functional groups attached to an aromatic ring is 1. The highest BCUT2D eigenvalue weighted by Gasteiger charge is 2.19. The van der Waals surface area contributed by atoms with Crippen molar-refractivity contribution in [2.24, 2.45) is 0 Å². The van der Waals surface area contributed by atoms with E-state index in [9.17, 15) is 4.79 Å². The number of hydrogen-bond donors (Lipinski definition) is 2. The fourth-order valence-corrected chi connectivity index (χ4v) is 1.56. The first-order chi connectivity index (χ1) is 8.39. The lowest BCUT2D eigenvalue weighted by molar-refractivity contribution is 0.0602. The molecule has 0 atom stereocenters. The SMILES string of the molecule is COCC(C)(C)Nc1cc(C(=O)OC)c(N)cn1. The molecule has 6 heteroatoms. The van der Waals surface area contributed by atoms with E-state index in [0.717, 1.165) is 0 Å². The van der Waals surface area contributed by atoms with Crippen LogP contribution >= 0.6 is 0 Å². The Labute approximate surface area is 106 Å². The summed E-state index contributed by atoms with van der Waals surface area (Å²) in [6.07, 6.45) is 1.43. The Bertz CT molecular complexity index is 433. The first kappa shape index (κ1) is 14.2. The van der Waals surface area contributed by atoms with Gasteiger partial charge in [-0.15, -0.1) is 0 Å². The van der Waals surface area contributed by atoms with Gasteiger partial charge in [0.2, 0.25) is 0 Å². The molecule has 0 aliphatic rings. The Hall–Kier alpha value is -1.82. The number of methoxy groups -OCH3 is 2. The standard InChI is InChI=1S/C12H19N3O3/c1-12(2,7-17-3)15-10-5-8(11(16)18-4)9(13)6-14-10/h5-6H,7,13H2,1-4H3,(H,14,15). The van der Waals surface area contributed by atoms with E-state index < -0.39 is 5.97 Å². The van der Waals surface area contributed by atoms with Gasteiger partial charge in [-0.3, -0.25) is 0 Å². The molecule has 18 heavy (non-hydrogen) atoms. The first-order valence-corrected chi connectivity index (χ1v) is 5.50. The van der Waals surface area contributed by atoms with Gasteiger partial charge in [0.1, 0.15) is 5.82 Å². The second-order valence-corrected chi connectivity index (χ2v) is 4.59. The molecule has 0 aromatic carbocycles. The molecule has 0 aliphatic carbocycles. The van der Waals surface area contributed by atoms with Gasteiger partial charge in [-0.2, -0.15) is 0 Å². The number of ether oxygens (including phenoxy) is 2. The third-order valence-corrected chi connectivity index (χ3v) is 2.31. The third-order valence-electron chi connectivity index (χ3n) is 2.31. The molecule has 1 heterocycles. The van der Waals surface area contributed by atoms with Gasteiger partial charge in [-0.25, -0.2) is 9.78 Å². The number of nitrogens with two attached hydrogens (primary N) is 1. The summed E-state index contributed by atoms with van der Waals surface area (Å²) in [6, 6.07) is 1.57. The number of anilines is 2. The van der Waals surface area contributed by atoms with Crippen molar-refractivity contribution in [2.45, 2.75) is 19.4 Å². The average molecular weight is 253 g/mol. The van der Waals surface area contributed by atoms with Crippen molar-refractivity contribution < 1.29 is 14.3 Å². The Morgan fingerprint density at radius 3 is 2.72 bits per heavy atom. The van der Waals surface area contributed by atoms with Crippen molar-refractivity contribution in [1.82, 2.24) is 4.98 Å². The zero-order chi connectivity index (χ0) is 13.8. The molecular formula is C12H19N3O3. The molecule has 0 saturated heterocycles. The van der Waals surface area contributed by atoms with Gasteiger partial charge in [0.05, 0.1) is 36.7 Å². The Balaban J connectivity index is 2.95. The number of carbonyl (C=O) groups excluding carboxylic acids is 1. The van der Waals surface area contributed by atoms with E-state index in [-0.39, 0.29) is 11.2 Å². The fraction of sp³-hybridized carbons (Fsp3) is 0.500. The van der Waals surface area contributed by atoms with E-state index in [1.54, 1.807) is 13.2 Å². The molecule has 0 radical (unpaired) electrons. The minimum Gasteiger partial charge on any atom is -0.465 e. The number of nitrogens with one attached hydrogen (secondary N) is 1. The van der Waals surface area contributed by atoms with Gasteiger partial charge in [-0.05, 0) is 19.9 Å². The van der Waals surface area contributed by atoms with E-state index in [0.29, 0.717) is 18.0 Å². The number of pyridine rings is 1. The van der Waals surface area contributed by atoms with Crippen molar-refractivity contribution in [1.29, 1.82) is 0 Å². The maximum absolute atomic E-state index is 11.5. The summed E-state index contributed by atoms with van der Waals surface area (Å²) < 4.78 is 9.75. The van der Waals surface area contributed by atoms with E-state index in [4.69, 9.17) is 10.5 Å². The van der Waals surface area contributed by atoms with Crippen LogP contribution in [0.25, 0.3) is 0 Å². The van der Waals surface area contributed by atoms with Crippen LogP contribution < -0.4 is 11.1 Å². The highest BCUT2D eigenvalue weighted by molar-refractivity contribution is 5.95. The summed E-state index contributed by atoms with van der Waals surface area (Å²) in [5.74, 6) is 0.0640. The highest BCUT2D eigenvalue weighted by Crippen LogP contribution is 2.19. The molecule has 0 fully saturated rings. The van der Waals surface area contributed by atoms with Gasteiger partial charge in [-0.1, -0.05) is 0 Å². The van der Waals surface area contributed by atoms with Crippen LogP contribution in [0.5, 0.6) is 0 Å². The van der Waals surface area contributed by atoms with Crippen LogP contribution in [0.4, 0.5) is 11.5 Å². The predicted octanol–water partition coefficient (Wildman–Crippen LogP) is 1.29. The van der Waals surface area contributed by atoms with Gasteiger partial charge < -0.3 is 20.5 Å². The van der Waals surface area contributed by atoms with E-state index in [1.165, 1.54) is 13.3 Å². The van der Waals surface area contributed by atoms with Crippen LogP contribution in [0, 0.1) is 0 Å². The minimum absolute atomic E-state index is 0.289. The van der Waals surface area contributed by atoms with E-state index >= 15 is 0 Å². The number of rotatable bonds is 5. The summed E-state index contributed by atoms with van der Waals surface area (Å²) in [6.45, 7) is 4.44. The van der Waals surface area contributed by atoms with Crippen LogP contribution in [0.2, 0.25) is 0 Å². The molecule has 0 unspecified atom stereocenters. The smallest absolute Gasteiger partial charge is 0.340 e. The van der Waals surface area contributed by atoms with Gasteiger partial charge >= 0.3 is 5.97 Å². The normalized spacial score (nSPS) is 11.1. The molecule has 0 amide bonds. The van der Waals surface area contributed by atoms with Gasteiger partial charge in [0.25, 0.3) is 0 Å². The van der Waals surface area contributed by atoms with Crippen molar-refractivity contribution in [3.8, 4) is 0 Å². The van der Waals surface area contributed by atoms with Gasteiger partial charge in [0, 0.05) is 7.11 Å². The van der Waals surface area contributed by atoms with Crippen LogP contribution in [0.15, 0.2) is 12.3 Å². The van der Waals surface area contributed by atoms with Crippen molar-refractivity contribution in [3.05, 3.63) is 17.8 Å². The van der Waals surface area contributed by atoms with Gasteiger partial charge in [0.15, 0.2) is 0 Å². The molecule has 0 saturated carbocycles. The van der Waals surface area contributed by atoms with Crippen LogP contribution in [0.3, 0.4) is 0 Å². The van der Waals surface area contributed by atoms with Crippen molar-refractivity contribution >= 4 is 17.5 Å². The number of nitrogens with zero attached hydrogens (tertiary/aromatic N) is 1. The van der Waals surface area contributed by atoms with E-state index in [1.807, 2.05) is 13.8 Å².